The lowest BCUT2D eigenvalue weighted by Crippen LogP contribution is -2.14. The van der Waals surface area contributed by atoms with Crippen LogP contribution in [0.3, 0.4) is 0 Å². The second-order valence-electron chi connectivity index (χ2n) is 5.47. The van der Waals surface area contributed by atoms with Gasteiger partial charge >= 0.3 is 0 Å². The average Bonchev–Trinajstić information content (AvgIpc) is 3.08. The number of ether oxygens (including phenoxy) is 2. The molecule has 0 fully saturated rings. The standard InChI is InChI=1S/C19H27NO2S.ClH/c1-3-5-6-11-20-14-16-9-10-18(19(13-16)21-4-2)22-15-17-8-7-12-23-17;/h7-10,12-13,20H,3-6,11,14-15H2,1-2H3;1H. The van der Waals surface area contributed by atoms with Gasteiger partial charge in [-0.1, -0.05) is 31.9 Å². The third kappa shape index (κ3) is 7.12. The summed E-state index contributed by atoms with van der Waals surface area (Å²) in [5, 5.41) is 5.55. The first kappa shape index (κ1) is 20.8. The van der Waals surface area contributed by atoms with Crippen LogP contribution in [0.25, 0.3) is 0 Å². The first-order valence-electron chi connectivity index (χ1n) is 8.45. The third-order valence-corrected chi connectivity index (χ3v) is 4.39. The van der Waals surface area contributed by atoms with Gasteiger partial charge in [0.25, 0.3) is 0 Å². The Hall–Kier alpha value is -1.23. The normalized spacial score (nSPS) is 10.2. The molecule has 1 aromatic heterocycles. The molecule has 3 nitrogen and oxygen atoms in total. The number of thiophene rings is 1. The van der Waals surface area contributed by atoms with E-state index < -0.39 is 0 Å². The zero-order valence-electron chi connectivity index (χ0n) is 14.5. The van der Waals surface area contributed by atoms with Gasteiger partial charge in [-0.2, -0.15) is 0 Å². The molecule has 1 aromatic carbocycles. The van der Waals surface area contributed by atoms with Crippen LogP contribution in [0.1, 0.15) is 43.6 Å². The number of hydrogen-bond donors (Lipinski definition) is 1. The first-order chi connectivity index (χ1) is 11.3. The monoisotopic (exact) mass is 369 g/mol. The van der Waals surface area contributed by atoms with E-state index >= 15 is 0 Å². The molecule has 1 N–H and O–H groups in total. The van der Waals surface area contributed by atoms with Crippen molar-refractivity contribution in [2.75, 3.05) is 13.2 Å². The Morgan fingerprint density at radius 1 is 1.04 bits per heavy atom. The van der Waals surface area contributed by atoms with Gasteiger partial charge in [-0.05, 0) is 49.0 Å². The maximum Gasteiger partial charge on any atom is 0.161 e. The fourth-order valence-corrected chi connectivity index (χ4v) is 2.94. The van der Waals surface area contributed by atoms with Crippen molar-refractivity contribution in [3.63, 3.8) is 0 Å². The van der Waals surface area contributed by atoms with E-state index in [0.717, 1.165) is 24.6 Å². The molecule has 2 rings (SSSR count). The third-order valence-electron chi connectivity index (χ3n) is 3.54. The Bertz CT molecular complexity index is 560. The highest BCUT2D eigenvalue weighted by atomic mass is 35.5. The molecule has 0 amide bonds. The largest absolute Gasteiger partial charge is 0.490 e. The van der Waals surface area contributed by atoms with Crippen LogP contribution in [0.15, 0.2) is 35.7 Å². The minimum absolute atomic E-state index is 0. The molecule has 0 bridgehead atoms. The van der Waals surface area contributed by atoms with Gasteiger partial charge in [0.15, 0.2) is 11.5 Å². The molecular formula is C19H28ClNO2S. The Labute approximate surface area is 155 Å². The molecule has 0 saturated heterocycles. The molecule has 2 aromatic rings. The molecule has 0 aliphatic heterocycles. The lowest BCUT2D eigenvalue weighted by atomic mass is 10.2. The zero-order chi connectivity index (χ0) is 16.3. The smallest absolute Gasteiger partial charge is 0.161 e. The van der Waals surface area contributed by atoms with Gasteiger partial charge in [0.05, 0.1) is 6.61 Å². The summed E-state index contributed by atoms with van der Waals surface area (Å²) in [5.74, 6) is 1.65. The molecule has 0 aliphatic rings. The SMILES string of the molecule is CCCCCNCc1ccc(OCc2cccs2)c(OCC)c1.Cl. The van der Waals surface area contributed by atoms with Crippen LogP contribution in [0.5, 0.6) is 11.5 Å². The molecule has 0 radical (unpaired) electrons. The van der Waals surface area contributed by atoms with E-state index in [9.17, 15) is 0 Å². The average molecular weight is 370 g/mol. The van der Waals surface area contributed by atoms with Gasteiger partial charge in [0.1, 0.15) is 6.61 Å². The van der Waals surface area contributed by atoms with Crippen LogP contribution >= 0.6 is 23.7 Å². The van der Waals surface area contributed by atoms with Gasteiger partial charge in [0.2, 0.25) is 0 Å². The molecule has 1 heterocycles. The predicted molar refractivity (Wildman–Crippen MR) is 105 cm³/mol. The Kier molecular flexibility index (Phi) is 10.6. The van der Waals surface area contributed by atoms with Crippen molar-refractivity contribution >= 4 is 23.7 Å². The summed E-state index contributed by atoms with van der Waals surface area (Å²) in [5.41, 5.74) is 1.23. The van der Waals surface area contributed by atoms with Crippen LogP contribution in [0, 0.1) is 0 Å². The van der Waals surface area contributed by atoms with E-state index in [4.69, 9.17) is 9.47 Å². The van der Waals surface area contributed by atoms with E-state index in [2.05, 4.69) is 35.8 Å². The second kappa shape index (κ2) is 12.2. The summed E-state index contributed by atoms with van der Waals surface area (Å²) in [6, 6.07) is 10.3. The van der Waals surface area contributed by atoms with E-state index in [1.165, 1.54) is 29.7 Å². The summed E-state index contributed by atoms with van der Waals surface area (Å²) < 4.78 is 11.7. The number of rotatable bonds is 11. The number of nitrogens with one attached hydrogen (secondary N) is 1. The van der Waals surface area contributed by atoms with Gasteiger partial charge < -0.3 is 14.8 Å². The molecule has 134 valence electrons. The topological polar surface area (TPSA) is 30.5 Å². The van der Waals surface area contributed by atoms with Crippen LogP contribution < -0.4 is 14.8 Å². The van der Waals surface area contributed by atoms with Crippen molar-refractivity contribution in [3.8, 4) is 11.5 Å². The summed E-state index contributed by atoms with van der Waals surface area (Å²) in [4.78, 5) is 1.22. The number of hydrogen-bond acceptors (Lipinski definition) is 4. The minimum Gasteiger partial charge on any atom is -0.490 e. The van der Waals surface area contributed by atoms with Gasteiger partial charge in [-0.25, -0.2) is 0 Å². The van der Waals surface area contributed by atoms with Crippen LogP contribution in [0.4, 0.5) is 0 Å². The summed E-state index contributed by atoms with van der Waals surface area (Å²) in [6.45, 7) is 7.39. The van der Waals surface area contributed by atoms with Gasteiger partial charge in [0, 0.05) is 11.4 Å². The van der Waals surface area contributed by atoms with E-state index in [1.807, 2.05) is 19.1 Å². The van der Waals surface area contributed by atoms with Crippen molar-refractivity contribution in [3.05, 3.63) is 46.2 Å². The quantitative estimate of drug-likeness (QED) is 0.536. The molecular weight excluding hydrogens is 342 g/mol. The molecule has 0 atom stereocenters. The second-order valence-corrected chi connectivity index (χ2v) is 6.50. The van der Waals surface area contributed by atoms with E-state index in [-0.39, 0.29) is 12.4 Å². The highest BCUT2D eigenvalue weighted by molar-refractivity contribution is 7.09. The fourth-order valence-electron chi connectivity index (χ4n) is 2.33. The predicted octanol–water partition coefficient (Wildman–Crippen LogP) is 5.43. The number of halogens is 1. The maximum atomic E-state index is 5.91. The highest BCUT2D eigenvalue weighted by Gasteiger charge is 2.07. The molecule has 0 aliphatic carbocycles. The molecule has 5 heteroatoms. The summed E-state index contributed by atoms with van der Waals surface area (Å²) >= 11 is 1.71. The lowest BCUT2D eigenvalue weighted by Gasteiger charge is -2.13. The number of unbranched alkanes of at least 4 members (excludes halogenated alkanes) is 2. The van der Waals surface area contributed by atoms with Crippen molar-refractivity contribution in [2.45, 2.75) is 46.3 Å². The fraction of sp³-hybridized carbons (Fsp3) is 0.474. The summed E-state index contributed by atoms with van der Waals surface area (Å²) in [7, 11) is 0. The first-order valence-corrected chi connectivity index (χ1v) is 9.33. The highest BCUT2D eigenvalue weighted by Crippen LogP contribution is 2.29. The van der Waals surface area contributed by atoms with Crippen molar-refractivity contribution in [2.24, 2.45) is 0 Å². The van der Waals surface area contributed by atoms with Crippen molar-refractivity contribution in [1.82, 2.24) is 5.32 Å². The Morgan fingerprint density at radius 2 is 1.92 bits per heavy atom. The van der Waals surface area contributed by atoms with Crippen molar-refractivity contribution < 1.29 is 9.47 Å². The maximum absolute atomic E-state index is 5.91. The molecule has 0 spiro atoms. The van der Waals surface area contributed by atoms with Crippen LogP contribution in [0.2, 0.25) is 0 Å². The molecule has 0 unspecified atom stereocenters. The summed E-state index contributed by atoms with van der Waals surface area (Å²) in [6.07, 6.45) is 3.77. The van der Waals surface area contributed by atoms with Crippen LogP contribution in [-0.4, -0.2) is 13.2 Å². The van der Waals surface area contributed by atoms with Crippen LogP contribution in [-0.2, 0) is 13.2 Å². The zero-order valence-corrected chi connectivity index (χ0v) is 16.2. The lowest BCUT2D eigenvalue weighted by molar-refractivity contribution is 0.271. The number of benzene rings is 1. The Balaban J connectivity index is 0.00000288. The van der Waals surface area contributed by atoms with Gasteiger partial charge in [-0.3, -0.25) is 0 Å². The van der Waals surface area contributed by atoms with E-state index in [0.29, 0.717) is 13.2 Å². The Morgan fingerprint density at radius 3 is 2.62 bits per heavy atom. The van der Waals surface area contributed by atoms with Gasteiger partial charge in [-0.15, -0.1) is 23.7 Å². The minimum atomic E-state index is 0. The van der Waals surface area contributed by atoms with E-state index in [1.54, 1.807) is 11.3 Å². The molecule has 24 heavy (non-hydrogen) atoms. The molecule has 0 saturated carbocycles. The van der Waals surface area contributed by atoms with Crippen molar-refractivity contribution in [1.29, 1.82) is 0 Å².